The number of nitrogens with one attached hydrogen (secondary N) is 1. The summed E-state index contributed by atoms with van der Waals surface area (Å²) in [7, 11) is 5.11. The first kappa shape index (κ1) is 19.1. The monoisotopic (exact) mass is 369 g/mol. The van der Waals surface area contributed by atoms with E-state index in [-0.39, 0.29) is 0 Å². The molecular formula is C22H29N2O3+. The molecule has 0 fully saturated rings. The lowest BCUT2D eigenvalue weighted by Crippen LogP contribution is -2.83. The topological polar surface area (TPSA) is 60.1 Å². The van der Waals surface area contributed by atoms with E-state index in [9.17, 15) is 0 Å². The third-order valence-corrected chi connectivity index (χ3v) is 5.15. The molecule has 0 spiro atoms. The van der Waals surface area contributed by atoms with Gasteiger partial charge in [-0.15, -0.1) is 0 Å². The molecule has 5 nitrogen and oxygen atoms in total. The number of H-pyrrole nitrogens is 1. The summed E-state index contributed by atoms with van der Waals surface area (Å²) in [6, 6.07) is 10.3. The SMILES string of the molecule is COc1ccc2[nH]c(C)c(CC[NH2+]Cc3ccc(OC)c(C)c3OC)c2c1. The first-order chi connectivity index (χ1) is 13.1. The lowest BCUT2D eigenvalue weighted by Gasteiger charge is -2.13. The summed E-state index contributed by atoms with van der Waals surface area (Å²) in [6.07, 6.45) is 0.996. The Kier molecular flexibility index (Phi) is 5.91. The Bertz CT molecular complexity index is 931. The zero-order valence-electron chi connectivity index (χ0n) is 16.8. The van der Waals surface area contributed by atoms with Gasteiger partial charge in [0.25, 0.3) is 0 Å². The molecule has 3 aromatic rings. The number of fused-ring (bicyclic) bond motifs is 1. The van der Waals surface area contributed by atoms with E-state index in [1.165, 1.54) is 22.2 Å². The van der Waals surface area contributed by atoms with Crippen LogP contribution in [0.15, 0.2) is 30.3 Å². The molecule has 1 aromatic heterocycles. The van der Waals surface area contributed by atoms with Gasteiger partial charge in [0, 0.05) is 34.1 Å². The Morgan fingerprint density at radius 3 is 2.48 bits per heavy atom. The average Bonchev–Trinajstić information content (AvgIpc) is 2.99. The Morgan fingerprint density at radius 1 is 0.963 bits per heavy atom. The molecular weight excluding hydrogens is 340 g/mol. The second-order valence-electron chi connectivity index (χ2n) is 6.76. The number of ether oxygens (including phenoxy) is 3. The van der Waals surface area contributed by atoms with E-state index in [2.05, 4.69) is 35.4 Å². The molecule has 0 aliphatic carbocycles. The van der Waals surface area contributed by atoms with Gasteiger partial charge in [0.15, 0.2) is 0 Å². The minimum atomic E-state index is 0.860. The number of quaternary nitrogens is 1. The highest BCUT2D eigenvalue weighted by Crippen LogP contribution is 2.30. The third-order valence-electron chi connectivity index (χ3n) is 5.15. The first-order valence-corrected chi connectivity index (χ1v) is 9.26. The molecule has 27 heavy (non-hydrogen) atoms. The molecule has 2 aromatic carbocycles. The van der Waals surface area contributed by atoms with Crippen LogP contribution >= 0.6 is 0 Å². The van der Waals surface area contributed by atoms with Crippen molar-refractivity contribution < 1.29 is 19.5 Å². The number of hydrogen-bond donors (Lipinski definition) is 2. The number of nitrogens with two attached hydrogens (primary N) is 1. The largest absolute Gasteiger partial charge is 0.497 e. The van der Waals surface area contributed by atoms with Gasteiger partial charge in [-0.3, -0.25) is 0 Å². The van der Waals surface area contributed by atoms with E-state index in [1.54, 1.807) is 21.3 Å². The lowest BCUT2D eigenvalue weighted by atomic mass is 10.1. The van der Waals surface area contributed by atoms with Crippen molar-refractivity contribution in [3.05, 3.63) is 52.7 Å². The van der Waals surface area contributed by atoms with E-state index in [4.69, 9.17) is 14.2 Å². The number of benzene rings is 2. The van der Waals surface area contributed by atoms with E-state index in [0.29, 0.717) is 0 Å². The second kappa shape index (κ2) is 8.35. The number of aromatic nitrogens is 1. The molecule has 0 bridgehead atoms. The lowest BCUT2D eigenvalue weighted by molar-refractivity contribution is -0.670. The summed E-state index contributed by atoms with van der Waals surface area (Å²) in [5.41, 5.74) is 5.98. The molecule has 0 atom stereocenters. The first-order valence-electron chi connectivity index (χ1n) is 9.26. The van der Waals surface area contributed by atoms with Crippen molar-refractivity contribution in [2.45, 2.75) is 26.8 Å². The maximum absolute atomic E-state index is 5.60. The summed E-state index contributed by atoms with van der Waals surface area (Å²) in [5.74, 6) is 2.67. The van der Waals surface area contributed by atoms with Crippen LogP contribution in [-0.2, 0) is 13.0 Å². The Morgan fingerprint density at radius 2 is 1.78 bits per heavy atom. The van der Waals surface area contributed by atoms with Gasteiger partial charge in [-0.1, -0.05) is 0 Å². The van der Waals surface area contributed by atoms with Crippen LogP contribution < -0.4 is 19.5 Å². The van der Waals surface area contributed by atoms with Crippen LogP contribution in [0.5, 0.6) is 17.2 Å². The van der Waals surface area contributed by atoms with Crippen molar-refractivity contribution in [2.75, 3.05) is 27.9 Å². The van der Waals surface area contributed by atoms with E-state index < -0.39 is 0 Å². The number of methoxy groups -OCH3 is 3. The molecule has 0 radical (unpaired) electrons. The fraction of sp³-hybridized carbons (Fsp3) is 0.364. The van der Waals surface area contributed by atoms with Crippen LogP contribution in [-0.4, -0.2) is 32.9 Å². The number of aromatic amines is 1. The highest BCUT2D eigenvalue weighted by Gasteiger charge is 2.13. The van der Waals surface area contributed by atoms with Gasteiger partial charge < -0.3 is 24.5 Å². The summed E-state index contributed by atoms with van der Waals surface area (Å²) in [6.45, 7) is 6.04. The van der Waals surface area contributed by atoms with Crippen molar-refractivity contribution in [1.29, 1.82) is 0 Å². The molecule has 5 heteroatoms. The molecule has 3 N–H and O–H groups in total. The van der Waals surface area contributed by atoms with Crippen LogP contribution in [0, 0.1) is 13.8 Å². The fourth-order valence-electron chi connectivity index (χ4n) is 3.71. The van der Waals surface area contributed by atoms with Crippen LogP contribution in [0.25, 0.3) is 10.9 Å². The van der Waals surface area contributed by atoms with Crippen LogP contribution in [0.1, 0.15) is 22.4 Å². The molecule has 144 valence electrons. The van der Waals surface area contributed by atoms with E-state index in [1.807, 2.05) is 19.1 Å². The third kappa shape index (κ3) is 3.88. The molecule has 0 unspecified atom stereocenters. The molecule has 0 saturated carbocycles. The summed E-state index contributed by atoms with van der Waals surface area (Å²) >= 11 is 0. The summed E-state index contributed by atoms with van der Waals surface area (Å²) in [4.78, 5) is 3.47. The Balaban J connectivity index is 1.68. The van der Waals surface area contributed by atoms with Crippen LogP contribution in [0.4, 0.5) is 0 Å². The molecule has 0 amide bonds. The average molecular weight is 369 g/mol. The standard InChI is InChI=1S/C22H28N2O3/c1-14-21(26-4)9-6-16(22(14)27-5)13-23-11-10-18-15(2)24-20-8-7-17(25-3)12-19(18)20/h6-9,12,23-24H,10-11,13H2,1-5H3/p+1. The van der Waals surface area contributed by atoms with Crippen molar-refractivity contribution in [1.82, 2.24) is 4.98 Å². The smallest absolute Gasteiger partial charge is 0.134 e. The van der Waals surface area contributed by atoms with Crippen molar-refractivity contribution >= 4 is 10.9 Å². The molecule has 3 rings (SSSR count). The predicted octanol–water partition coefficient (Wildman–Crippen LogP) is 3.12. The normalized spacial score (nSPS) is 11.0. The number of rotatable bonds is 8. The van der Waals surface area contributed by atoms with Crippen molar-refractivity contribution in [2.24, 2.45) is 0 Å². The Hall–Kier alpha value is -2.66. The van der Waals surface area contributed by atoms with E-state index >= 15 is 0 Å². The maximum Gasteiger partial charge on any atom is 0.134 e. The predicted molar refractivity (Wildman–Crippen MR) is 108 cm³/mol. The van der Waals surface area contributed by atoms with Gasteiger partial charge in [-0.2, -0.15) is 0 Å². The van der Waals surface area contributed by atoms with Gasteiger partial charge in [-0.05, 0) is 49.7 Å². The highest BCUT2D eigenvalue weighted by molar-refractivity contribution is 5.86. The van der Waals surface area contributed by atoms with Crippen LogP contribution in [0.2, 0.25) is 0 Å². The molecule has 0 aliphatic heterocycles. The summed E-state index contributed by atoms with van der Waals surface area (Å²) < 4.78 is 16.4. The minimum Gasteiger partial charge on any atom is -0.497 e. The van der Waals surface area contributed by atoms with Crippen molar-refractivity contribution in [3.8, 4) is 17.2 Å². The zero-order valence-corrected chi connectivity index (χ0v) is 16.8. The van der Waals surface area contributed by atoms with Crippen LogP contribution in [0.3, 0.4) is 0 Å². The number of hydrogen-bond acceptors (Lipinski definition) is 3. The minimum absolute atomic E-state index is 0.860. The van der Waals surface area contributed by atoms with Crippen molar-refractivity contribution in [3.63, 3.8) is 0 Å². The molecule has 0 saturated heterocycles. The Labute approximate surface area is 160 Å². The number of aryl methyl sites for hydroxylation is 1. The van der Waals surface area contributed by atoms with Gasteiger partial charge in [-0.25, -0.2) is 0 Å². The molecule has 1 heterocycles. The highest BCUT2D eigenvalue weighted by atomic mass is 16.5. The van der Waals surface area contributed by atoms with Gasteiger partial charge in [0.2, 0.25) is 0 Å². The maximum atomic E-state index is 5.60. The zero-order chi connectivity index (χ0) is 19.4. The van der Waals surface area contributed by atoms with Gasteiger partial charge in [0.05, 0.1) is 27.9 Å². The fourth-order valence-corrected chi connectivity index (χ4v) is 3.71. The molecule has 0 aliphatic rings. The van der Waals surface area contributed by atoms with E-state index in [0.717, 1.165) is 47.8 Å². The quantitative estimate of drug-likeness (QED) is 0.600. The van der Waals surface area contributed by atoms with Gasteiger partial charge in [0.1, 0.15) is 23.8 Å². The summed E-state index contributed by atoms with van der Waals surface area (Å²) in [5, 5.41) is 3.57. The van der Waals surface area contributed by atoms with Gasteiger partial charge >= 0.3 is 0 Å². The second-order valence-corrected chi connectivity index (χ2v) is 6.76.